The number of aromatic amines is 1. The van der Waals surface area contributed by atoms with E-state index in [-0.39, 0.29) is 5.69 Å². The van der Waals surface area contributed by atoms with Gasteiger partial charge in [0.1, 0.15) is 5.52 Å². The number of aromatic nitrogens is 4. The Morgan fingerprint density at radius 1 is 1.21 bits per heavy atom. The summed E-state index contributed by atoms with van der Waals surface area (Å²) in [5, 5.41) is 6.54. The van der Waals surface area contributed by atoms with Gasteiger partial charge in [-0.15, -0.1) is 0 Å². The van der Waals surface area contributed by atoms with E-state index in [1.807, 2.05) is 0 Å². The number of hydrogen-bond acceptors (Lipinski definition) is 6. The molecule has 0 atom stereocenters. The number of nitrogens with one attached hydrogen (secondary N) is 3. The van der Waals surface area contributed by atoms with Crippen LogP contribution in [0, 0.1) is 0 Å². The van der Waals surface area contributed by atoms with Gasteiger partial charge in [-0.05, 0) is 25.8 Å². The van der Waals surface area contributed by atoms with E-state index in [4.69, 9.17) is 5.73 Å². The Labute approximate surface area is 142 Å². The van der Waals surface area contributed by atoms with Crippen molar-refractivity contribution in [2.24, 2.45) is 0 Å². The number of imidazole rings is 1. The molecule has 0 aromatic carbocycles. The maximum absolute atomic E-state index is 12.2. The Kier molecular flexibility index (Phi) is 6.60. The number of nitrogens with two attached hydrogens (primary N) is 1. The van der Waals surface area contributed by atoms with Gasteiger partial charge in [-0.3, -0.25) is 4.57 Å². The minimum absolute atomic E-state index is 0.187. The lowest BCUT2D eigenvalue weighted by Gasteiger charge is -2.08. The summed E-state index contributed by atoms with van der Waals surface area (Å²) in [5.74, 6) is 0.777. The SMILES string of the molecule is CCCCNc1nc(N)c2[nH]c(=O)n(CCCCNC(C)C)c2n1. The number of nitrogen functional groups attached to an aromatic ring is 1. The van der Waals surface area contributed by atoms with Crippen LogP contribution in [0.15, 0.2) is 4.79 Å². The van der Waals surface area contributed by atoms with Gasteiger partial charge in [-0.1, -0.05) is 27.2 Å². The lowest BCUT2D eigenvalue weighted by Crippen LogP contribution is -2.24. The van der Waals surface area contributed by atoms with Crippen molar-refractivity contribution in [2.75, 3.05) is 24.1 Å². The smallest absolute Gasteiger partial charge is 0.327 e. The van der Waals surface area contributed by atoms with Gasteiger partial charge in [0.25, 0.3) is 0 Å². The molecule has 0 aliphatic heterocycles. The van der Waals surface area contributed by atoms with E-state index in [1.165, 1.54) is 0 Å². The van der Waals surface area contributed by atoms with Crippen molar-refractivity contribution in [1.29, 1.82) is 0 Å². The number of anilines is 2. The van der Waals surface area contributed by atoms with Crippen molar-refractivity contribution in [3.05, 3.63) is 10.5 Å². The molecule has 5 N–H and O–H groups in total. The zero-order valence-electron chi connectivity index (χ0n) is 14.9. The first-order valence-corrected chi connectivity index (χ1v) is 8.76. The Balaban J connectivity index is 2.10. The second-order valence-corrected chi connectivity index (χ2v) is 6.31. The molecule has 134 valence electrons. The first-order valence-electron chi connectivity index (χ1n) is 8.76. The number of hydrogen-bond donors (Lipinski definition) is 4. The van der Waals surface area contributed by atoms with Crippen LogP contribution >= 0.6 is 0 Å². The van der Waals surface area contributed by atoms with Crippen LogP contribution in [0.5, 0.6) is 0 Å². The van der Waals surface area contributed by atoms with Crippen molar-refractivity contribution >= 4 is 22.9 Å². The molecule has 2 aromatic rings. The summed E-state index contributed by atoms with van der Waals surface area (Å²) in [6, 6.07) is 0.477. The maximum Gasteiger partial charge on any atom is 0.327 e. The van der Waals surface area contributed by atoms with Crippen molar-refractivity contribution in [1.82, 2.24) is 24.8 Å². The summed E-state index contributed by atoms with van der Waals surface area (Å²) in [5.41, 5.74) is 6.87. The fourth-order valence-corrected chi connectivity index (χ4v) is 2.50. The molecule has 0 saturated carbocycles. The highest BCUT2D eigenvalue weighted by Crippen LogP contribution is 2.16. The summed E-state index contributed by atoms with van der Waals surface area (Å²) < 4.78 is 1.65. The zero-order valence-corrected chi connectivity index (χ0v) is 14.9. The monoisotopic (exact) mass is 335 g/mol. The Bertz CT molecular complexity index is 704. The van der Waals surface area contributed by atoms with Gasteiger partial charge in [0.05, 0.1) is 0 Å². The largest absolute Gasteiger partial charge is 0.382 e. The van der Waals surface area contributed by atoms with Gasteiger partial charge in [0.15, 0.2) is 11.5 Å². The Morgan fingerprint density at radius 2 is 2.00 bits per heavy atom. The third kappa shape index (κ3) is 4.70. The molecule has 0 spiro atoms. The molecule has 0 unspecified atom stereocenters. The molecule has 0 radical (unpaired) electrons. The van der Waals surface area contributed by atoms with E-state index in [2.05, 4.69) is 46.4 Å². The number of H-pyrrole nitrogens is 1. The first-order chi connectivity index (χ1) is 11.5. The van der Waals surface area contributed by atoms with Gasteiger partial charge >= 0.3 is 5.69 Å². The molecule has 2 heterocycles. The predicted molar refractivity (Wildman–Crippen MR) is 98.3 cm³/mol. The zero-order chi connectivity index (χ0) is 17.5. The van der Waals surface area contributed by atoms with Crippen LogP contribution in [0.3, 0.4) is 0 Å². The van der Waals surface area contributed by atoms with Crippen LogP contribution in [0.1, 0.15) is 46.5 Å². The van der Waals surface area contributed by atoms with Crippen molar-refractivity contribution in [3.8, 4) is 0 Å². The van der Waals surface area contributed by atoms with Crippen molar-refractivity contribution < 1.29 is 0 Å². The number of unbranched alkanes of at least 4 members (excludes halogenated alkanes) is 2. The maximum atomic E-state index is 12.2. The van der Waals surface area contributed by atoms with Gasteiger partial charge in [-0.2, -0.15) is 9.97 Å². The second kappa shape index (κ2) is 8.68. The van der Waals surface area contributed by atoms with Gasteiger partial charge in [-0.25, -0.2) is 4.79 Å². The number of rotatable bonds is 10. The Hall–Kier alpha value is -2.09. The van der Waals surface area contributed by atoms with Crippen LogP contribution in [-0.2, 0) is 6.54 Å². The first kappa shape index (κ1) is 18.3. The summed E-state index contributed by atoms with van der Waals surface area (Å²) in [7, 11) is 0. The molecule has 0 bridgehead atoms. The molecular weight excluding hydrogens is 306 g/mol. The summed E-state index contributed by atoms with van der Waals surface area (Å²) in [4.78, 5) is 23.6. The van der Waals surface area contributed by atoms with Crippen LogP contribution in [0.4, 0.5) is 11.8 Å². The number of fused-ring (bicyclic) bond motifs is 1. The van der Waals surface area contributed by atoms with Crippen molar-refractivity contribution in [3.63, 3.8) is 0 Å². The van der Waals surface area contributed by atoms with E-state index in [0.717, 1.165) is 38.8 Å². The second-order valence-electron chi connectivity index (χ2n) is 6.31. The van der Waals surface area contributed by atoms with E-state index < -0.39 is 0 Å². The highest BCUT2D eigenvalue weighted by Gasteiger charge is 2.13. The average Bonchev–Trinajstić information content (AvgIpc) is 2.84. The molecule has 0 aliphatic carbocycles. The molecule has 0 aliphatic rings. The van der Waals surface area contributed by atoms with E-state index >= 15 is 0 Å². The highest BCUT2D eigenvalue weighted by atomic mass is 16.1. The van der Waals surface area contributed by atoms with Crippen LogP contribution < -0.4 is 22.1 Å². The molecular formula is C16H29N7O. The minimum Gasteiger partial charge on any atom is -0.382 e. The normalized spacial score (nSPS) is 11.5. The van der Waals surface area contributed by atoms with E-state index in [0.29, 0.717) is 35.5 Å². The molecule has 8 heteroatoms. The quantitative estimate of drug-likeness (QED) is 0.491. The highest BCUT2D eigenvalue weighted by molar-refractivity contribution is 5.82. The lowest BCUT2D eigenvalue weighted by molar-refractivity contribution is 0.530. The number of aryl methyl sites for hydroxylation is 1. The van der Waals surface area contributed by atoms with Crippen LogP contribution in [-0.4, -0.2) is 38.7 Å². The fraction of sp³-hybridized carbons (Fsp3) is 0.688. The van der Waals surface area contributed by atoms with E-state index in [9.17, 15) is 4.79 Å². The lowest BCUT2D eigenvalue weighted by atomic mass is 10.3. The third-order valence-corrected chi connectivity index (χ3v) is 3.83. The molecule has 24 heavy (non-hydrogen) atoms. The summed E-state index contributed by atoms with van der Waals surface area (Å²) in [6.45, 7) is 8.71. The standard InChI is InChI=1S/C16H29N7O/c1-4-5-8-19-15-21-13(17)12-14(22-15)23(16(24)20-12)10-7-6-9-18-11(2)3/h11,18H,4-10H2,1-3H3,(H,20,24)(H3,17,19,21,22). The van der Waals surface area contributed by atoms with E-state index in [1.54, 1.807) is 4.57 Å². The molecule has 2 rings (SSSR count). The molecule has 8 nitrogen and oxygen atoms in total. The van der Waals surface area contributed by atoms with Crippen LogP contribution in [0.2, 0.25) is 0 Å². The summed E-state index contributed by atoms with van der Waals surface area (Å²) >= 11 is 0. The molecule has 2 aromatic heterocycles. The average molecular weight is 335 g/mol. The van der Waals surface area contributed by atoms with Gasteiger partial charge < -0.3 is 21.4 Å². The fourth-order valence-electron chi connectivity index (χ4n) is 2.50. The topological polar surface area (TPSA) is 114 Å². The van der Waals surface area contributed by atoms with Gasteiger partial charge in [0.2, 0.25) is 5.95 Å². The number of nitrogens with zero attached hydrogens (tertiary/aromatic N) is 3. The molecule has 0 saturated heterocycles. The minimum atomic E-state index is -0.187. The van der Waals surface area contributed by atoms with Gasteiger partial charge in [0, 0.05) is 19.1 Å². The Morgan fingerprint density at radius 3 is 2.71 bits per heavy atom. The third-order valence-electron chi connectivity index (χ3n) is 3.83. The predicted octanol–water partition coefficient (Wildman–Crippen LogP) is 1.69. The summed E-state index contributed by atoms with van der Waals surface area (Å²) in [6.07, 6.45) is 4.02. The van der Waals surface area contributed by atoms with Crippen molar-refractivity contribution in [2.45, 2.75) is 59.0 Å². The molecule has 0 fully saturated rings. The molecule has 0 amide bonds. The van der Waals surface area contributed by atoms with Crippen LogP contribution in [0.25, 0.3) is 11.2 Å².